The number of benzene rings is 2. The Labute approximate surface area is 144 Å². The van der Waals surface area contributed by atoms with E-state index in [-0.39, 0.29) is 6.42 Å². The monoisotopic (exact) mass is 339 g/mol. The van der Waals surface area contributed by atoms with Gasteiger partial charge in [-0.3, -0.25) is 4.79 Å². The molecule has 0 unspecified atom stereocenters. The third-order valence-electron chi connectivity index (χ3n) is 3.81. The Morgan fingerprint density at radius 2 is 1.48 bits per heavy atom. The summed E-state index contributed by atoms with van der Waals surface area (Å²) in [7, 11) is 3.18. The van der Waals surface area contributed by atoms with Crippen molar-refractivity contribution < 1.29 is 23.9 Å². The summed E-state index contributed by atoms with van der Waals surface area (Å²) in [5.74, 6) is 0.986. The second-order valence-corrected chi connectivity index (χ2v) is 5.36. The molecular formula is C19H17NO5. The van der Waals surface area contributed by atoms with Crippen LogP contribution in [0.3, 0.4) is 0 Å². The van der Waals surface area contributed by atoms with Gasteiger partial charge in [-0.2, -0.15) is 0 Å². The highest BCUT2D eigenvalue weighted by Crippen LogP contribution is 2.36. The van der Waals surface area contributed by atoms with Crippen LogP contribution in [0.4, 0.5) is 0 Å². The second-order valence-electron chi connectivity index (χ2n) is 5.36. The fraction of sp³-hybridized carbons (Fsp3) is 0.158. The molecule has 2 aromatic carbocycles. The van der Waals surface area contributed by atoms with Crippen molar-refractivity contribution in [3.63, 3.8) is 0 Å². The maximum atomic E-state index is 11.2. The first-order chi connectivity index (χ1) is 12.1. The van der Waals surface area contributed by atoms with Gasteiger partial charge in [0, 0.05) is 5.56 Å². The largest absolute Gasteiger partial charge is 0.497 e. The predicted octanol–water partition coefficient (Wildman–Crippen LogP) is 3.65. The van der Waals surface area contributed by atoms with Crippen LogP contribution in [0.1, 0.15) is 5.69 Å². The lowest BCUT2D eigenvalue weighted by Gasteiger charge is -2.06. The maximum Gasteiger partial charge on any atom is 0.309 e. The summed E-state index contributed by atoms with van der Waals surface area (Å²) in [5, 5.41) is 13.1. The summed E-state index contributed by atoms with van der Waals surface area (Å²) in [4.78, 5) is 11.2. The third-order valence-corrected chi connectivity index (χ3v) is 3.81. The molecule has 0 bridgehead atoms. The molecule has 0 aliphatic carbocycles. The van der Waals surface area contributed by atoms with Crippen LogP contribution < -0.4 is 9.47 Å². The minimum Gasteiger partial charge on any atom is -0.497 e. The van der Waals surface area contributed by atoms with E-state index in [1.54, 1.807) is 14.2 Å². The lowest BCUT2D eigenvalue weighted by atomic mass is 9.98. The average Bonchev–Trinajstić information content (AvgIpc) is 3.04. The van der Waals surface area contributed by atoms with E-state index in [1.165, 1.54) is 0 Å². The molecule has 3 aromatic rings. The van der Waals surface area contributed by atoms with Gasteiger partial charge in [-0.1, -0.05) is 17.3 Å². The zero-order valence-corrected chi connectivity index (χ0v) is 13.9. The Kier molecular flexibility index (Phi) is 4.70. The van der Waals surface area contributed by atoms with Crippen molar-refractivity contribution in [3.8, 4) is 33.9 Å². The Hall–Kier alpha value is -3.28. The maximum absolute atomic E-state index is 11.2. The van der Waals surface area contributed by atoms with Gasteiger partial charge in [0.25, 0.3) is 0 Å². The van der Waals surface area contributed by atoms with E-state index in [9.17, 15) is 4.79 Å². The van der Waals surface area contributed by atoms with Crippen LogP contribution in [0.5, 0.6) is 11.5 Å². The van der Waals surface area contributed by atoms with E-state index in [0.29, 0.717) is 22.8 Å². The topological polar surface area (TPSA) is 81.8 Å². The summed E-state index contributed by atoms with van der Waals surface area (Å²) in [5.41, 5.74) is 2.64. The molecule has 0 amide bonds. The molecule has 0 saturated carbocycles. The second kappa shape index (κ2) is 7.09. The summed E-state index contributed by atoms with van der Waals surface area (Å²) in [6.45, 7) is 0. The van der Waals surface area contributed by atoms with E-state index in [1.807, 2.05) is 48.5 Å². The number of hydrogen-bond acceptors (Lipinski definition) is 5. The molecule has 0 saturated heterocycles. The Morgan fingerprint density at radius 1 is 0.960 bits per heavy atom. The molecular weight excluding hydrogens is 322 g/mol. The van der Waals surface area contributed by atoms with Crippen molar-refractivity contribution >= 4 is 5.97 Å². The zero-order valence-electron chi connectivity index (χ0n) is 13.9. The van der Waals surface area contributed by atoms with Gasteiger partial charge in [0.2, 0.25) is 0 Å². The van der Waals surface area contributed by atoms with Crippen LogP contribution in [0.2, 0.25) is 0 Å². The molecule has 0 radical (unpaired) electrons. The summed E-state index contributed by atoms with van der Waals surface area (Å²) in [6.07, 6.45) is -0.221. The molecule has 6 heteroatoms. The van der Waals surface area contributed by atoms with Crippen LogP contribution in [-0.4, -0.2) is 30.5 Å². The van der Waals surface area contributed by atoms with E-state index >= 15 is 0 Å². The van der Waals surface area contributed by atoms with Crippen molar-refractivity contribution in [2.45, 2.75) is 6.42 Å². The molecule has 128 valence electrons. The minimum atomic E-state index is -0.968. The van der Waals surface area contributed by atoms with E-state index in [0.717, 1.165) is 16.9 Å². The minimum absolute atomic E-state index is 0.221. The number of rotatable bonds is 6. The molecule has 1 aromatic heterocycles. The molecule has 6 nitrogen and oxygen atoms in total. The third kappa shape index (κ3) is 3.47. The average molecular weight is 339 g/mol. The zero-order chi connectivity index (χ0) is 17.8. The summed E-state index contributed by atoms with van der Waals surface area (Å²) in [6, 6.07) is 14.6. The molecule has 0 aliphatic heterocycles. The van der Waals surface area contributed by atoms with Gasteiger partial charge < -0.3 is 19.1 Å². The van der Waals surface area contributed by atoms with Crippen molar-refractivity contribution in [1.82, 2.24) is 5.16 Å². The van der Waals surface area contributed by atoms with Crippen molar-refractivity contribution in [2.24, 2.45) is 0 Å². The van der Waals surface area contributed by atoms with E-state index in [4.69, 9.17) is 19.1 Å². The lowest BCUT2D eigenvalue weighted by molar-refractivity contribution is -0.136. The number of carboxylic acid groups (broad SMARTS) is 1. The van der Waals surface area contributed by atoms with Crippen molar-refractivity contribution in [2.75, 3.05) is 14.2 Å². The van der Waals surface area contributed by atoms with Crippen molar-refractivity contribution in [1.29, 1.82) is 0 Å². The lowest BCUT2D eigenvalue weighted by Crippen LogP contribution is -2.01. The number of ether oxygens (including phenoxy) is 2. The first kappa shape index (κ1) is 16.6. The fourth-order valence-electron chi connectivity index (χ4n) is 2.58. The number of nitrogens with zero attached hydrogens (tertiary/aromatic N) is 1. The number of carboxylic acids is 1. The van der Waals surface area contributed by atoms with E-state index in [2.05, 4.69) is 5.16 Å². The number of methoxy groups -OCH3 is 2. The SMILES string of the molecule is COc1ccc(-c2onc(CC(=O)O)c2-c2ccc(OC)cc2)cc1. The number of hydrogen-bond donors (Lipinski definition) is 1. The molecule has 0 spiro atoms. The number of aliphatic carboxylic acids is 1. The van der Waals surface area contributed by atoms with Gasteiger partial charge in [0.15, 0.2) is 5.76 Å². The Morgan fingerprint density at radius 3 is 1.96 bits per heavy atom. The van der Waals surface area contributed by atoms with Crippen LogP contribution in [0.15, 0.2) is 53.1 Å². The summed E-state index contributed by atoms with van der Waals surface area (Å²) >= 11 is 0. The quantitative estimate of drug-likeness (QED) is 0.738. The van der Waals surface area contributed by atoms with Gasteiger partial charge in [0.05, 0.1) is 26.2 Å². The first-order valence-electron chi connectivity index (χ1n) is 7.61. The molecule has 3 rings (SSSR count). The smallest absolute Gasteiger partial charge is 0.309 e. The summed E-state index contributed by atoms with van der Waals surface area (Å²) < 4.78 is 15.8. The molecule has 0 aliphatic rings. The van der Waals surface area contributed by atoms with E-state index < -0.39 is 5.97 Å². The van der Waals surface area contributed by atoms with Crippen LogP contribution >= 0.6 is 0 Å². The van der Waals surface area contributed by atoms with Crippen LogP contribution in [0, 0.1) is 0 Å². The molecule has 0 atom stereocenters. The van der Waals surface area contributed by atoms with Gasteiger partial charge in [-0.05, 0) is 42.0 Å². The van der Waals surface area contributed by atoms with Crippen LogP contribution in [-0.2, 0) is 11.2 Å². The highest BCUT2D eigenvalue weighted by molar-refractivity contribution is 5.84. The first-order valence-corrected chi connectivity index (χ1v) is 7.61. The Balaban J connectivity index is 2.11. The number of carbonyl (C=O) groups is 1. The highest BCUT2D eigenvalue weighted by atomic mass is 16.5. The van der Waals surface area contributed by atoms with Crippen LogP contribution in [0.25, 0.3) is 22.5 Å². The fourth-order valence-corrected chi connectivity index (χ4v) is 2.58. The van der Waals surface area contributed by atoms with Crippen molar-refractivity contribution in [3.05, 3.63) is 54.2 Å². The van der Waals surface area contributed by atoms with Gasteiger partial charge in [-0.15, -0.1) is 0 Å². The molecule has 1 heterocycles. The normalized spacial score (nSPS) is 10.5. The van der Waals surface area contributed by atoms with Gasteiger partial charge in [-0.25, -0.2) is 0 Å². The number of aromatic nitrogens is 1. The standard InChI is InChI=1S/C19H17NO5/c1-23-14-7-3-12(4-8-14)18-16(11-17(21)22)20-25-19(18)13-5-9-15(24-2)10-6-13/h3-10H,11H2,1-2H3,(H,21,22). The molecule has 25 heavy (non-hydrogen) atoms. The molecule has 0 fully saturated rings. The van der Waals surface area contributed by atoms with Gasteiger partial charge in [0.1, 0.15) is 17.2 Å². The highest BCUT2D eigenvalue weighted by Gasteiger charge is 2.21. The molecule has 1 N–H and O–H groups in total. The Bertz CT molecular complexity index is 866. The van der Waals surface area contributed by atoms with Gasteiger partial charge >= 0.3 is 5.97 Å². The predicted molar refractivity (Wildman–Crippen MR) is 91.8 cm³/mol.